The van der Waals surface area contributed by atoms with E-state index in [0.717, 1.165) is 16.1 Å². The highest BCUT2D eigenvalue weighted by Gasteiger charge is 2.60. The van der Waals surface area contributed by atoms with Crippen molar-refractivity contribution in [2.45, 2.75) is 43.2 Å². The van der Waals surface area contributed by atoms with Gasteiger partial charge in [-0.1, -0.05) is 29.8 Å². The summed E-state index contributed by atoms with van der Waals surface area (Å²) in [6.45, 7) is -1.19. The zero-order valence-electron chi connectivity index (χ0n) is 15.9. The van der Waals surface area contributed by atoms with Gasteiger partial charge in [-0.3, -0.25) is 4.79 Å². The highest BCUT2D eigenvalue weighted by Crippen LogP contribution is 2.57. The SMILES string of the molecule is Clc1cc(C2CC2)c2nccn2n1.O=C1N(CC(F)(F)F)c2ccccc2C12CC2. The van der Waals surface area contributed by atoms with Crippen molar-refractivity contribution >= 4 is 28.8 Å². The summed E-state index contributed by atoms with van der Waals surface area (Å²) < 4.78 is 39.1. The van der Waals surface area contributed by atoms with Crippen LogP contribution in [0.3, 0.4) is 0 Å². The molecule has 1 spiro atoms. The minimum Gasteiger partial charge on any atom is -0.302 e. The number of fused-ring (bicyclic) bond motifs is 3. The topological polar surface area (TPSA) is 50.5 Å². The van der Waals surface area contributed by atoms with Crippen LogP contribution in [-0.2, 0) is 10.2 Å². The van der Waals surface area contributed by atoms with E-state index in [2.05, 4.69) is 10.1 Å². The smallest absolute Gasteiger partial charge is 0.302 e. The number of para-hydroxylation sites is 1. The van der Waals surface area contributed by atoms with Gasteiger partial charge >= 0.3 is 6.18 Å². The molecule has 30 heavy (non-hydrogen) atoms. The molecule has 2 saturated carbocycles. The van der Waals surface area contributed by atoms with E-state index >= 15 is 0 Å². The highest BCUT2D eigenvalue weighted by atomic mass is 35.5. The Labute approximate surface area is 175 Å². The number of benzene rings is 1. The van der Waals surface area contributed by atoms with Crippen molar-refractivity contribution in [3.05, 3.63) is 59.0 Å². The summed E-state index contributed by atoms with van der Waals surface area (Å²) in [5.74, 6) is 0.265. The molecule has 3 aromatic rings. The summed E-state index contributed by atoms with van der Waals surface area (Å²) in [5, 5.41) is 4.67. The summed E-state index contributed by atoms with van der Waals surface area (Å²) in [5.41, 5.74) is 2.74. The number of hydrogen-bond acceptors (Lipinski definition) is 3. The van der Waals surface area contributed by atoms with Gasteiger partial charge in [0.05, 0.1) is 5.41 Å². The second-order valence-electron chi connectivity index (χ2n) is 8.00. The number of halogens is 4. The number of anilines is 1. The fraction of sp³-hybridized carbons (Fsp3) is 0.381. The Bertz CT molecular complexity index is 1130. The highest BCUT2D eigenvalue weighted by molar-refractivity contribution is 6.29. The van der Waals surface area contributed by atoms with Crippen LogP contribution in [0.4, 0.5) is 18.9 Å². The van der Waals surface area contributed by atoms with Crippen molar-refractivity contribution in [2.75, 3.05) is 11.4 Å². The van der Waals surface area contributed by atoms with Crippen molar-refractivity contribution in [1.82, 2.24) is 14.6 Å². The minimum atomic E-state index is -4.36. The first-order chi connectivity index (χ1) is 14.3. The first-order valence-corrected chi connectivity index (χ1v) is 10.1. The van der Waals surface area contributed by atoms with E-state index in [1.54, 1.807) is 35.0 Å². The third kappa shape index (κ3) is 3.33. The summed E-state index contributed by atoms with van der Waals surface area (Å²) >= 11 is 5.89. The molecule has 9 heteroatoms. The predicted molar refractivity (Wildman–Crippen MR) is 106 cm³/mol. The Morgan fingerprint density at radius 1 is 1.20 bits per heavy atom. The van der Waals surface area contributed by atoms with Crippen LogP contribution in [0.5, 0.6) is 0 Å². The van der Waals surface area contributed by atoms with E-state index in [4.69, 9.17) is 11.6 Å². The van der Waals surface area contributed by atoms with Gasteiger partial charge in [0.1, 0.15) is 11.7 Å². The molecule has 2 aromatic heterocycles. The minimum absolute atomic E-state index is 0.393. The molecule has 3 heterocycles. The lowest BCUT2D eigenvalue weighted by Gasteiger charge is -2.19. The quantitative estimate of drug-likeness (QED) is 0.577. The van der Waals surface area contributed by atoms with Crippen molar-refractivity contribution in [1.29, 1.82) is 0 Å². The number of amides is 1. The molecule has 1 aromatic carbocycles. The van der Waals surface area contributed by atoms with Gasteiger partial charge in [-0.25, -0.2) is 9.50 Å². The van der Waals surface area contributed by atoms with E-state index in [-0.39, 0.29) is 0 Å². The number of alkyl halides is 3. The molecular weight excluding hydrogens is 417 g/mol. The first-order valence-electron chi connectivity index (χ1n) is 9.76. The Kier molecular flexibility index (Phi) is 4.32. The van der Waals surface area contributed by atoms with Crippen LogP contribution in [0, 0.1) is 0 Å². The molecule has 5 nitrogen and oxygen atoms in total. The van der Waals surface area contributed by atoms with E-state index in [9.17, 15) is 18.0 Å². The van der Waals surface area contributed by atoms with Gasteiger partial charge in [-0.05, 0) is 49.3 Å². The molecule has 0 bridgehead atoms. The molecule has 2 fully saturated rings. The number of nitrogens with zero attached hydrogens (tertiary/aromatic N) is 4. The lowest BCUT2D eigenvalue weighted by Crippen LogP contribution is -2.39. The van der Waals surface area contributed by atoms with Gasteiger partial charge in [0, 0.05) is 23.6 Å². The van der Waals surface area contributed by atoms with Crippen LogP contribution >= 0.6 is 11.6 Å². The molecule has 3 aliphatic rings. The molecule has 0 saturated heterocycles. The summed E-state index contributed by atoms with van der Waals surface area (Å²) in [6, 6.07) is 8.71. The van der Waals surface area contributed by atoms with Gasteiger partial charge < -0.3 is 4.90 Å². The van der Waals surface area contributed by atoms with E-state index in [0.29, 0.717) is 29.6 Å². The molecular formula is C21H18ClF3N4O. The molecule has 0 atom stereocenters. The normalized spacial score (nSPS) is 19.1. The Hall–Kier alpha value is -2.61. The van der Waals surface area contributed by atoms with Crippen LogP contribution in [0.2, 0.25) is 5.15 Å². The maximum absolute atomic E-state index is 12.5. The van der Waals surface area contributed by atoms with Gasteiger partial charge in [0.25, 0.3) is 0 Å². The fourth-order valence-electron chi connectivity index (χ4n) is 4.14. The second-order valence-corrected chi connectivity index (χ2v) is 8.39. The van der Waals surface area contributed by atoms with Crippen molar-refractivity contribution in [3.63, 3.8) is 0 Å². The Balaban J connectivity index is 0.000000133. The van der Waals surface area contributed by atoms with Crippen molar-refractivity contribution in [2.24, 2.45) is 0 Å². The number of hydrogen-bond donors (Lipinski definition) is 0. The third-order valence-corrected chi connectivity index (χ3v) is 6.01. The Morgan fingerprint density at radius 2 is 1.93 bits per heavy atom. The lowest BCUT2D eigenvalue weighted by atomic mass is 9.98. The number of imidazole rings is 1. The average Bonchev–Trinajstić information content (AvgIpc) is 3.61. The van der Waals surface area contributed by atoms with Crippen LogP contribution in [0.1, 0.15) is 42.7 Å². The molecule has 2 aliphatic carbocycles. The number of rotatable bonds is 2. The zero-order valence-corrected chi connectivity index (χ0v) is 16.6. The third-order valence-electron chi connectivity index (χ3n) is 5.83. The maximum atomic E-state index is 12.5. The molecule has 0 radical (unpaired) electrons. The second kappa shape index (κ2) is 6.70. The zero-order chi connectivity index (χ0) is 21.1. The number of carbonyl (C=O) groups is 1. The largest absolute Gasteiger partial charge is 0.406 e. The fourth-order valence-corrected chi connectivity index (χ4v) is 4.34. The molecule has 1 aliphatic heterocycles. The monoisotopic (exact) mass is 434 g/mol. The summed E-state index contributed by atoms with van der Waals surface area (Å²) in [7, 11) is 0. The van der Waals surface area contributed by atoms with Gasteiger partial charge in [0.2, 0.25) is 5.91 Å². The molecule has 0 N–H and O–H groups in total. The van der Waals surface area contributed by atoms with E-state index in [1.807, 2.05) is 12.3 Å². The van der Waals surface area contributed by atoms with Gasteiger partial charge in [0.15, 0.2) is 5.65 Å². The lowest BCUT2D eigenvalue weighted by molar-refractivity contribution is -0.132. The number of carbonyl (C=O) groups excluding carboxylic acids is 1. The van der Waals surface area contributed by atoms with Crippen LogP contribution in [-0.4, -0.2) is 33.2 Å². The molecule has 1 amide bonds. The van der Waals surface area contributed by atoms with Crippen LogP contribution in [0.25, 0.3) is 5.65 Å². The summed E-state index contributed by atoms with van der Waals surface area (Å²) in [4.78, 5) is 17.2. The van der Waals surface area contributed by atoms with Crippen LogP contribution < -0.4 is 4.90 Å². The molecule has 0 unspecified atom stereocenters. The average molecular weight is 435 g/mol. The molecule has 6 rings (SSSR count). The standard InChI is InChI=1S/C12H10F3NO.C9H8ClN3/c13-12(14,15)7-16-9-4-2-1-3-8(9)11(5-6-11)10(16)17;10-8-5-7(6-1-2-6)9-11-3-4-13(9)12-8/h1-4H,5-7H2;3-6H,1-2H2. The first kappa shape index (κ1) is 19.4. The summed E-state index contributed by atoms with van der Waals surface area (Å²) in [6.07, 6.45) is 3.06. The molecule has 156 valence electrons. The van der Waals surface area contributed by atoms with Crippen molar-refractivity contribution < 1.29 is 18.0 Å². The Morgan fingerprint density at radius 3 is 2.60 bits per heavy atom. The number of aromatic nitrogens is 3. The van der Waals surface area contributed by atoms with Gasteiger partial charge in [-0.2, -0.15) is 18.3 Å². The van der Waals surface area contributed by atoms with Crippen LogP contribution in [0.15, 0.2) is 42.7 Å². The van der Waals surface area contributed by atoms with E-state index in [1.165, 1.54) is 18.4 Å². The van der Waals surface area contributed by atoms with E-state index < -0.39 is 24.0 Å². The maximum Gasteiger partial charge on any atom is 0.406 e. The van der Waals surface area contributed by atoms with Gasteiger partial charge in [-0.15, -0.1) is 0 Å². The predicted octanol–water partition coefficient (Wildman–Crippen LogP) is 4.89. The van der Waals surface area contributed by atoms with Crippen molar-refractivity contribution in [3.8, 4) is 0 Å².